The number of carbonyl (C=O) groups is 1. The highest BCUT2D eigenvalue weighted by atomic mass is 32.1. The van der Waals surface area contributed by atoms with Crippen LogP contribution in [0.5, 0.6) is 0 Å². The van der Waals surface area contributed by atoms with Crippen molar-refractivity contribution in [1.29, 1.82) is 0 Å². The van der Waals surface area contributed by atoms with Crippen molar-refractivity contribution in [3.63, 3.8) is 0 Å². The number of carboxylic acid groups (broad SMARTS) is 1. The molecule has 2 aromatic rings. The quantitative estimate of drug-likeness (QED) is 0.691. The minimum absolute atomic E-state index is 0.00669. The summed E-state index contributed by atoms with van der Waals surface area (Å²) in [6.07, 6.45) is 2.43. The second-order valence-corrected chi connectivity index (χ2v) is 5.96. The van der Waals surface area contributed by atoms with E-state index in [9.17, 15) is 20.0 Å². The zero-order valence-corrected chi connectivity index (χ0v) is 11.9. The largest absolute Gasteiger partial charge is 0.480 e. The molecule has 8 heteroatoms. The van der Waals surface area contributed by atoms with Crippen molar-refractivity contribution in [2.24, 2.45) is 0 Å². The van der Waals surface area contributed by atoms with Crippen molar-refractivity contribution in [3.05, 3.63) is 28.3 Å². The number of piperidine rings is 1. The average molecular weight is 307 g/mol. The van der Waals surface area contributed by atoms with Crippen LogP contribution in [-0.2, 0) is 4.79 Å². The zero-order chi connectivity index (χ0) is 15.0. The number of nitro groups is 1. The molecule has 0 radical (unpaired) electrons. The Morgan fingerprint density at radius 3 is 3.00 bits per heavy atom. The first-order valence-electron chi connectivity index (χ1n) is 6.60. The van der Waals surface area contributed by atoms with Crippen molar-refractivity contribution in [1.82, 2.24) is 4.98 Å². The van der Waals surface area contributed by atoms with Crippen molar-refractivity contribution in [3.8, 4) is 0 Å². The van der Waals surface area contributed by atoms with Crippen LogP contribution in [0.4, 0.5) is 10.8 Å². The monoisotopic (exact) mass is 307 g/mol. The van der Waals surface area contributed by atoms with Gasteiger partial charge in [-0.3, -0.25) is 10.1 Å². The molecule has 1 aliphatic rings. The number of nitrogens with zero attached hydrogens (tertiary/aromatic N) is 3. The van der Waals surface area contributed by atoms with Crippen LogP contribution in [0.3, 0.4) is 0 Å². The number of aromatic nitrogens is 1. The van der Waals surface area contributed by atoms with Gasteiger partial charge < -0.3 is 10.0 Å². The van der Waals surface area contributed by atoms with E-state index in [1.54, 1.807) is 11.0 Å². The standard InChI is InChI=1S/C13H13N3O4S/c17-12(18)10-3-1-2-6-15(10)13-14-9-7-8(16(19)20)4-5-11(9)21-13/h4-5,7,10H,1-3,6H2,(H,17,18). The topological polar surface area (TPSA) is 96.6 Å². The molecule has 2 heterocycles. The second kappa shape index (κ2) is 5.28. The number of hydrogen-bond donors (Lipinski definition) is 1. The number of hydrogen-bond acceptors (Lipinski definition) is 6. The van der Waals surface area contributed by atoms with E-state index in [1.165, 1.54) is 23.5 Å². The van der Waals surface area contributed by atoms with E-state index >= 15 is 0 Å². The summed E-state index contributed by atoms with van der Waals surface area (Å²) in [4.78, 5) is 27.9. The highest BCUT2D eigenvalue weighted by molar-refractivity contribution is 7.22. The number of benzene rings is 1. The first-order chi connectivity index (χ1) is 10.1. The maximum absolute atomic E-state index is 11.3. The van der Waals surface area contributed by atoms with Gasteiger partial charge in [0.1, 0.15) is 6.04 Å². The molecule has 1 fully saturated rings. The highest BCUT2D eigenvalue weighted by Crippen LogP contribution is 2.34. The van der Waals surface area contributed by atoms with Crippen LogP contribution in [0.1, 0.15) is 19.3 Å². The van der Waals surface area contributed by atoms with Gasteiger partial charge in [0.15, 0.2) is 5.13 Å². The molecule has 3 rings (SSSR count). The van der Waals surface area contributed by atoms with E-state index in [0.717, 1.165) is 17.5 Å². The van der Waals surface area contributed by atoms with Gasteiger partial charge in [-0.05, 0) is 25.3 Å². The summed E-state index contributed by atoms with van der Waals surface area (Å²) in [5.74, 6) is -0.847. The van der Waals surface area contributed by atoms with E-state index in [2.05, 4.69) is 4.98 Å². The summed E-state index contributed by atoms with van der Waals surface area (Å²) < 4.78 is 0.824. The number of rotatable bonds is 3. The maximum atomic E-state index is 11.3. The number of non-ortho nitro benzene ring substituents is 1. The molecule has 1 saturated heterocycles. The Morgan fingerprint density at radius 2 is 2.29 bits per heavy atom. The molecule has 0 bridgehead atoms. The summed E-state index contributed by atoms with van der Waals surface area (Å²) in [7, 11) is 0. The van der Waals surface area contributed by atoms with Gasteiger partial charge in [0, 0.05) is 18.7 Å². The number of aliphatic carboxylic acids is 1. The zero-order valence-electron chi connectivity index (χ0n) is 11.1. The smallest absolute Gasteiger partial charge is 0.326 e. The van der Waals surface area contributed by atoms with Gasteiger partial charge in [0.2, 0.25) is 0 Å². The summed E-state index contributed by atoms with van der Waals surface area (Å²) in [5, 5.41) is 20.7. The molecule has 7 nitrogen and oxygen atoms in total. The molecule has 1 aromatic carbocycles. The Morgan fingerprint density at radius 1 is 1.48 bits per heavy atom. The number of anilines is 1. The molecule has 1 aliphatic heterocycles. The van der Waals surface area contributed by atoms with E-state index in [0.29, 0.717) is 23.6 Å². The van der Waals surface area contributed by atoms with Crippen molar-refractivity contribution in [2.75, 3.05) is 11.4 Å². The highest BCUT2D eigenvalue weighted by Gasteiger charge is 2.30. The normalized spacial score (nSPS) is 18.9. The average Bonchev–Trinajstić information content (AvgIpc) is 2.89. The fourth-order valence-electron chi connectivity index (χ4n) is 2.56. The van der Waals surface area contributed by atoms with Crippen molar-refractivity contribution in [2.45, 2.75) is 25.3 Å². The minimum atomic E-state index is -0.847. The fraction of sp³-hybridized carbons (Fsp3) is 0.385. The van der Waals surface area contributed by atoms with Crippen LogP contribution in [0.15, 0.2) is 18.2 Å². The molecule has 0 spiro atoms. The molecule has 110 valence electrons. The van der Waals surface area contributed by atoms with Crippen LogP contribution < -0.4 is 4.90 Å². The Bertz CT molecular complexity index is 715. The number of carboxylic acids is 1. The lowest BCUT2D eigenvalue weighted by atomic mass is 10.0. The maximum Gasteiger partial charge on any atom is 0.326 e. The first-order valence-corrected chi connectivity index (χ1v) is 7.42. The van der Waals surface area contributed by atoms with Crippen LogP contribution in [-0.4, -0.2) is 33.6 Å². The molecule has 0 aliphatic carbocycles. The minimum Gasteiger partial charge on any atom is -0.480 e. The number of thiazole rings is 1. The van der Waals surface area contributed by atoms with Gasteiger partial charge in [-0.1, -0.05) is 11.3 Å². The summed E-state index contributed by atoms with van der Waals surface area (Å²) in [6.45, 7) is 0.652. The third kappa shape index (κ3) is 2.54. The molecule has 1 N–H and O–H groups in total. The van der Waals surface area contributed by atoms with Gasteiger partial charge >= 0.3 is 5.97 Å². The summed E-state index contributed by atoms with van der Waals surface area (Å²) in [6, 6.07) is 3.97. The predicted molar refractivity (Wildman–Crippen MR) is 78.9 cm³/mol. The summed E-state index contributed by atoms with van der Waals surface area (Å²) in [5.41, 5.74) is 0.534. The Hall–Kier alpha value is -2.22. The molecule has 1 unspecified atom stereocenters. The molecule has 0 amide bonds. The van der Waals surface area contributed by atoms with E-state index in [-0.39, 0.29) is 5.69 Å². The molecule has 1 aromatic heterocycles. The predicted octanol–water partition coefficient (Wildman–Crippen LogP) is 2.65. The van der Waals surface area contributed by atoms with Gasteiger partial charge in [-0.25, -0.2) is 9.78 Å². The third-order valence-corrected chi connectivity index (χ3v) is 4.68. The fourth-order valence-corrected chi connectivity index (χ4v) is 3.58. The van der Waals surface area contributed by atoms with Crippen molar-refractivity contribution < 1.29 is 14.8 Å². The summed E-state index contributed by atoms with van der Waals surface area (Å²) >= 11 is 1.37. The van der Waals surface area contributed by atoms with Crippen molar-refractivity contribution >= 4 is 38.3 Å². The number of nitro benzene ring substituents is 1. The van der Waals surface area contributed by atoms with Crippen LogP contribution in [0.2, 0.25) is 0 Å². The lowest BCUT2D eigenvalue weighted by molar-refractivity contribution is -0.384. The molecular formula is C13H13N3O4S. The SMILES string of the molecule is O=C(O)C1CCCCN1c1nc2cc([N+](=O)[O-])ccc2s1. The molecular weight excluding hydrogens is 294 g/mol. The molecule has 21 heavy (non-hydrogen) atoms. The molecule has 1 atom stereocenters. The van der Waals surface area contributed by atoms with Crippen LogP contribution >= 0.6 is 11.3 Å². The van der Waals surface area contributed by atoms with E-state index in [1.807, 2.05) is 0 Å². The van der Waals surface area contributed by atoms with Gasteiger partial charge in [-0.15, -0.1) is 0 Å². The van der Waals surface area contributed by atoms with E-state index < -0.39 is 16.9 Å². The Labute approximate surface area is 124 Å². The van der Waals surface area contributed by atoms with Gasteiger partial charge in [0.05, 0.1) is 15.1 Å². The van der Waals surface area contributed by atoms with Crippen LogP contribution in [0, 0.1) is 10.1 Å². The third-order valence-electron chi connectivity index (χ3n) is 3.60. The number of fused-ring (bicyclic) bond motifs is 1. The Kier molecular flexibility index (Phi) is 3.46. The first kappa shape index (κ1) is 13.7. The van der Waals surface area contributed by atoms with Crippen LogP contribution in [0.25, 0.3) is 10.2 Å². The Balaban J connectivity index is 1.99. The molecule has 0 saturated carbocycles. The van der Waals surface area contributed by atoms with E-state index in [4.69, 9.17) is 0 Å². The lowest BCUT2D eigenvalue weighted by Gasteiger charge is -2.32. The van der Waals surface area contributed by atoms with Gasteiger partial charge in [-0.2, -0.15) is 0 Å². The van der Waals surface area contributed by atoms with Gasteiger partial charge in [0.25, 0.3) is 5.69 Å². The second-order valence-electron chi connectivity index (χ2n) is 4.95. The lowest BCUT2D eigenvalue weighted by Crippen LogP contribution is -2.44.